The van der Waals surface area contributed by atoms with Crippen LogP contribution in [0.1, 0.15) is 63.9 Å². The van der Waals surface area contributed by atoms with Crippen molar-refractivity contribution in [3.63, 3.8) is 0 Å². The molecule has 142 valence electrons. The van der Waals surface area contributed by atoms with E-state index in [1.807, 2.05) is 12.3 Å². The number of hydrogen-bond acceptors (Lipinski definition) is 3. The van der Waals surface area contributed by atoms with Crippen molar-refractivity contribution < 1.29 is 0 Å². The van der Waals surface area contributed by atoms with E-state index < -0.39 is 0 Å². The Morgan fingerprint density at radius 2 is 1.70 bits per heavy atom. The number of fused-ring (bicyclic) bond motifs is 1. The van der Waals surface area contributed by atoms with E-state index in [0.717, 1.165) is 31.0 Å². The summed E-state index contributed by atoms with van der Waals surface area (Å²) < 4.78 is 0. The molecule has 1 aliphatic carbocycles. The highest BCUT2D eigenvalue weighted by atomic mass is 15.1. The summed E-state index contributed by atoms with van der Waals surface area (Å²) in [6, 6.07) is 9.01. The van der Waals surface area contributed by atoms with E-state index in [-0.39, 0.29) is 10.8 Å². The molecule has 2 heterocycles. The lowest BCUT2D eigenvalue weighted by atomic mass is 9.63. The molecule has 1 aromatic heterocycles. The van der Waals surface area contributed by atoms with E-state index in [0.29, 0.717) is 0 Å². The molecular weight excluding hydrogens is 330 g/mol. The summed E-state index contributed by atoms with van der Waals surface area (Å²) in [6.45, 7) is 11.5. The van der Waals surface area contributed by atoms with E-state index in [2.05, 4.69) is 68.9 Å². The highest BCUT2D eigenvalue weighted by Crippen LogP contribution is 2.46. The fourth-order valence-corrected chi connectivity index (χ4v) is 4.40. The Morgan fingerprint density at radius 3 is 2.41 bits per heavy atom. The largest absolute Gasteiger partial charge is 0.302 e. The van der Waals surface area contributed by atoms with Gasteiger partial charge in [0.05, 0.1) is 5.69 Å². The van der Waals surface area contributed by atoms with Crippen LogP contribution in [0.15, 0.2) is 36.5 Å². The zero-order valence-electron chi connectivity index (χ0n) is 17.3. The second-order valence-corrected chi connectivity index (χ2v) is 9.54. The average molecular weight is 362 g/mol. The van der Waals surface area contributed by atoms with Crippen LogP contribution >= 0.6 is 0 Å². The van der Waals surface area contributed by atoms with Gasteiger partial charge in [-0.25, -0.2) is 9.97 Å². The van der Waals surface area contributed by atoms with Gasteiger partial charge >= 0.3 is 0 Å². The van der Waals surface area contributed by atoms with Gasteiger partial charge in [-0.3, -0.25) is 0 Å². The van der Waals surface area contributed by atoms with Crippen LogP contribution in [0.4, 0.5) is 0 Å². The van der Waals surface area contributed by atoms with Crippen LogP contribution in [0.25, 0.3) is 16.8 Å². The summed E-state index contributed by atoms with van der Waals surface area (Å²) in [5, 5.41) is 0. The SMILES string of the molecule is CN1CC=C(c2nccc(-c3ccc4c(c3)C(C)(C)CCC4(C)C)n2)CC1. The van der Waals surface area contributed by atoms with E-state index in [1.54, 1.807) is 0 Å². The standard InChI is InChI=1S/C24H31N3/c1-23(2)11-12-24(3,4)20-16-18(6-7-19(20)23)21-8-13-25-22(26-21)17-9-14-27(5)15-10-17/h6-9,13,16H,10-12,14-15H2,1-5H3. The van der Waals surface area contributed by atoms with Gasteiger partial charge in [0.1, 0.15) is 0 Å². The molecule has 2 aliphatic rings. The van der Waals surface area contributed by atoms with Gasteiger partial charge in [-0.15, -0.1) is 0 Å². The van der Waals surface area contributed by atoms with Crippen LogP contribution < -0.4 is 0 Å². The number of hydrogen-bond donors (Lipinski definition) is 0. The smallest absolute Gasteiger partial charge is 0.155 e. The number of nitrogens with zero attached hydrogens (tertiary/aromatic N) is 3. The van der Waals surface area contributed by atoms with Crippen molar-refractivity contribution in [3.8, 4) is 11.3 Å². The maximum Gasteiger partial charge on any atom is 0.155 e. The van der Waals surface area contributed by atoms with Crippen LogP contribution in [-0.2, 0) is 10.8 Å². The van der Waals surface area contributed by atoms with Gasteiger partial charge in [0, 0.05) is 24.8 Å². The molecule has 1 aliphatic heterocycles. The first-order valence-corrected chi connectivity index (χ1v) is 10.1. The van der Waals surface area contributed by atoms with Gasteiger partial charge in [0.25, 0.3) is 0 Å². The quantitative estimate of drug-likeness (QED) is 0.735. The lowest BCUT2D eigenvalue weighted by Crippen LogP contribution is -2.33. The van der Waals surface area contributed by atoms with Crippen molar-refractivity contribution in [3.05, 3.63) is 53.5 Å². The fourth-order valence-electron chi connectivity index (χ4n) is 4.40. The molecular formula is C24H31N3. The van der Waals surface area contributed by atoms with Gasteiger partial charge in [-0.1, -0.05) is 45.9 Å². The molecule has 0 amide bonds. The summed E-state index contributed by atoms with van der Waals surface area (Å²) in [5.41, 5.74) is 6.95. The Morgan fingerprint density at radius 1 is 0.963 bits per heavy atom. The van der Waals surface area contributed by atoms with Crippen LogP contribution in [0.3, 0.4) is 0 Å². The molecule has 0 fully saturated rings. The minimum absolute atomic E-state index is 0.215. The highest BCUT2D eigenvalue weighted by molar-refractivity contribution is 5.67. The lowest BCUT2D eigenvalue weighted by molar-refractivity contribution is 0.332. The van der Waals surface area contributed by atoms with Crippen molar-refractivity contribution in [2.75, 3.05) is 20.1 Å². The second-order valence-electron chi connectivity index (χ2n) is 9.54. The van der Waals surface area contributed by atoms with E-state index in [1.165, 1.54) is 35.1 Å². The fraction of sp³-hybridized carbons (Fsp3) is 0.500. The van der Waals surface area contributed by atoms with Crippen LogP contribution in [0.2, 0.25) is 0 Å². The summed E-state index contributed by atoms with van der Waals surface area (Å²) in [4.78, 5) is 11.8. The maximum absolute atomic E-state index is 4.93. The number of benzene rings is 1. The second kappa shape index (κ2) is 6.56. The molecule has 0 saturated carbocycles. The summed E-state index contributed by atoms with van der Waals surface area (Å²) >= 11 is 0. The van der Waals surface area contributed by atoms with Crippen molar-refractivity contribution in [2.45, 2.75) is 57.8 Å². The van der Waals surface area contributed by atoms with E-state index >= 15 is 0 Å². The zero-order valence-corrected chi connectivity index (χ0v) is 17.3. The summed E-state index contributed by atoms with van der Waals surface area (Å²) in [7, 11) is 2.15. The Hall–Kier alpha value is -2.00. The van der Waals surface area contributed by atoms with Crippen molar-refractivity contribution in [1.82, 2.24) is 14.9 Å². The predicted octanol–water partition coefficient (Wildman–Crippen LogP) is 5.21. The number of aromatic nitrogens is 2. The third kappa shape index (κ3) is 3.45. The molecule has 0 atom stereocenters. The summed E-state index contributed by atoms with van der Waals surface area (Å²) in [5.74, 6) is 0.887. The normalized spacial score (nSPS) is 21.4. The van der Waals surface area contributed by atoms with Crippen LogP contribution in [-0.4, -0.2) is 35.0 Å². The third-order valence-corrected chi connectivity index (χ3v) is 6.50. The predicted molar refractivity (Wildman–Crippen MR) is 113 cm³/mol. The third-order valence-electron chi connectivity index (χ3n) is 6.50. The number of likely N-dealkylation sites (N-methyl/N-ethyl adjacent to an activating group) is 1. The molecule has 1 aromatic carbocycles. The van der Waals surface area contributed by atoms with Gasteiger partial charge in [-0.05, 0) is 66.0 Å². The molecule has 27 heavy (non-hydrogen) atoms. The molecule has 0 spiro atoms. The van der Waals surface area contributed by atoms with Gasteiger partial charge < -0.3 is 4.90 Å². The molecule has 0 radical (unpaired) electrons. The maximum atomic E-state index is 4.93. The molecule has 3 heteroatoms. The first-order chi connectivity index (χ1) is 12.8. The Labute approximate surface area is 163 Å². The van der Waals surface area contributed by atoms with Gasteiger partial charge in [0.2, 0.25) is 0 Å². The number of rotatable bonds is 2. The molecule has 0 bridgehead atoms. The average Bonchev–Trinajstić information content (AvgIpc) is 2.66. The first kappa shape index (κ1) is 18.4. The highest BCUT2D eigenvalue weighted by Gasteiger charge is 2.37. The molecule has 2 aromatic rings. The molecule has 0 saturated heterocycles. The zero-order chi connectivity index (χ0) is 19.2. The van der Waals surface area contributed by atoms with Gasteiger partial charge in [0.15, 0.2) is 5.82 Å². The Bertz CT molecular complexity index is 892. The lowest BCUT2D eigenvalue weighted by Gasteiger charge is -2.42. The molecule has 0 N–H and O–H groups in total. The summed E-state index contributed by atoms with van der Waals surface area (Å²) in [6.07, 6.45) is 7.66. The molecule has 3 nitrogen and oxygen atoms in total. The van der Waals surface area contributed by atoms with Crippen LogP contribution in [0, 0.1) is 0 Å². The van der Waals surface area contributed by atoms with E-state index in [4.69, 9.17) is 4.98 Å². The minimum Gasteiger partial charge on any atom is -0.302 e. The molecule has 0 unspecified atom stereocenters. The van der Waals surface area contributed by atoms with Crippen LogP contribution in [0.5, 0.6) is 0 Å². The van der Waals surface area contributed by atoms with Crippen molar-refractivity contribution in [2.24, 2.45) is 0 Å². The topological polar surface area (TPSA) is 29.0 Å². The minimum atomic E-state index is 0.215. The molecule has 4 rings (SSSR count). The Balaban J connectivity index is 1.74. The first-order valence-electron chi connectivity index (χ1n) is 10.1. The van der Waals surface area contributed by atoms with E-state index in [9.17, 15) is 0 Å². The monoisotopic (exact) mass is 361 g/mol. The van der Waals surface area contributed by atoms with Crippen molar-refractivity contribution >= 4 is 5.57 Å². The van der Waals surface area contributed by atoms with Gasteiger partial charge in [-0.2, -0.15) is 0 Å². The van der Waals surface area contributed by atoms with Crippen molar-refractivity contribution in [1.29, 1.82) is 0 Å². The Kier molecular flexibility index (Phi) is 4.46.